The quantitative estimate of drug-likeness (QED) is 0.530. The Morgan fingerprint density at radius 3 is 2.84 bits per heavy atom. The molecule has 4 aromatic rings. The fraction of sp³-hybridized carbons (Fsp3) is 0.409. The number of aryl methyl sites for hydroxylation is 2. The van der Waals surface area contributed by atoms with Gasteiger partial charge in [0.05, 0.1) is 4.88 Å². The first kappa shape index (κ1) is 18.8. The first-order chi connectivity index (χ1) is 15.0. The van der Waals surface area contributed by atoms with E-state index in [1.807, 2.05) is 36.6 Å². The number of furan rings is 1. The summed E-state index contributed by atoms with van der Waals surface area (Å²) in [5.41, 5.74) is 1.18. The summed E-state index contributed by atoms with van der Waals surface area (Å²) in [5, 5.41) is 15.4. The first-order valence-electron chi connectivity index (χ1n) is 10.5. The van der Waals surface area contributed by atoms with Gasteiger partial charge in [0.15, 0.2) is 0 Å². The van der Waals surface area contributed by atoms with Crippen LogP contribution in [0.2, 0.25) is 0 Å². The lowest BCUT2D eigenvalue weighted by atomic mass is 9.82. The van der Waals surface area contributed by atoms with Crippen LogP contribution < -0.4 is 5.56 Å². The zero-order chi connectivity index (χ0) is 21.3. The molecule has 0 amide bonds. The summed E-state index contributed by atoms with van der Waals surface area (Å²) in [6.07, 6.45) is 1.07. The molecule has 4 aromatic heterocycles. The van der Waals surface area contributed by atoms with Crippen LogP contribution in [0.25, 0.3) is 4.96 Å². The van der Waals surface area contributed by atoms with Crippen LogP contribution in [0.15, 0.2) is 39.5 Å². The molecule has 1 saturated heterocycles. The zero-order valence-corrected chi connectivity index (χ0v) is 18.2. The van der Waals surface area contributed by atoms with Crippen LogP contribution >= 0.6 is 11.3 Å². The van der Waals surface area contributed by atoms with Crippen molar-refractivity contribution in [3.8, 4) is 5.88 Å². The molecular formula is C22H23N5O3S. The Balaban J connectivity index is 1.44. The molecule has 8 nitrogen and oxygen atoms in total. The molecule has 6 rings (SSSR count). The monoisotopic (exact) mass is 437 g/mol. The Labute approximate surface area is 182 Å². The van der Waals surface area contributed by atoms with E-state index in [9.17, 15) is 9.90 Å². The Morgan fingerprint density at radius 2 is 2.06 bits per heavy atom. The van der Waals surface area contributed by atoms with E-state index in [-0.39, 0.29) is 23.4 Å². The van der Waals surface area contributed by atoms with Crippen molar-refractivity contribution in [2.24, 2.45) is 5.92 Å². The number of aromatic nitrogens is 4. The van der Waals surface area contributed by atoms with Gasteiger partial charge >= 0.3 is 0 Å². The Bertz CT molecular complexity index is 1350. The number of hydrogen-bond acceptors (Lipinski definition) is 7. The van der Waals surface area contributed by atoms with Crippen LogP contribution in [0.5, 0.6) is 5.88 Å². The summed E-state index contributed by atoms with van der Waals surface area (Å²) in [4.78, 5) is 20.7. The molecule has 0 spiro atoms. The van der Waals surface area contributed by atoms with Crippen molar-refractivity contribution in [3.05, 3.63) is 68.6 Å². The molecule has 9 heteroatoms. The second-order valence-electron chi connectivity index (χ2n) is 8.65. The first-order valence-corrected chi connectivity index (χ1v) is 11.3. The minimum absolute atomic E-state index is 0.0810. The number of likely N-dealkylation sites (tertiary alicyclic amines) is 1. The van der Waals surface area contributed by atoms with Crippen LogP contribution in [0.4, 0.5) is 0 Å². The third kappa shape index (κ3) is 2.95. The lowest BCUT2D eigenvalue weighted by Crippen LogP contribution is -2.48. The highest BCUT2D eigenvalue weighted by molar-refractivity contribution is 7.17. The maximum absolute atomic E-state index is 12.4. The third-order valence-corrected chi connectivity index (χ3v) is 7.53. The molecule has 6 heterocycles. The van der Waals surface area contributed by atoms with Crippen molar-refractivity contribution < 1.29 is 9.52 Å². The average molecular weight is 438 g/mol. The lowest BCUT2D eigenvalue weighted by Gasteiger charge is -2.45. The predicted molar refractivity (Wildman–Crippen MR) is 116 cm³/mol. The van der Waals surface area contributed by atoms with Crippen LogP contribution in [0, 0.1) is 19.8 Å². The Kier molecular flexibility index (Phi) is 4.13. The molecule has 1 fully saturated rings. The molecule has 2 aliphatic heterocycles. The molecule has 1 N–H and O–H groups in total. The fourth-order valence-corrected chi connectivity index (χ4v) is 6.39. The maximum atomic E-state index is 12.4. The number of hydrogen-bond donors (Lipinski definition) is 1. The lowest BCUT2D eigenvalue weighted by molar-refractivity contribution is 0.0868. The van der Waals surface area contributed by atoms with Gasteiger partial charge in [0.25, 0.3) is 5.56 Å². The molecule has 2 bridgehead atoms. The Hall–Kier alpha value is -2.91. The number of pyridine rings is 1. The van der Waals surface area contributed by atoms with Gasteiger partial charge in [-0.15, -0.1) is 5.10 Å². The highest BCUT2D eigenvalue weighted by atomic mass is 32.1. The van der Waals surface area contributed by atoms with E-state index in [0.29, 0.717) is 16.7 Å². The summed E-state index contributed by atoms with van der Waals surface area (Å²) in [7, 11) is 0. The number of thiazole rings is 1. The van der Waals surface area contributed by atoms with Crippen LogP contribution in [0.3, 0.4) is 0 Å². The summed E-state index contributed by atoms with van der Waals surface area (Å²) < 4.78 is 9.51. The minimum Gasteiger partial charge on any atom is -0.492 e. The van der Waals surface area contributed by atoms with E-state index in [2.05, 4.69) is 21.0 Å². The van der Waals surface area contributed by atoms with E-state index < -0.39 is 0 Å². The van der Waals surface area contributed by atoms with E-state index in [1.165, 1.54) is 15.9 Å². The van der Waals surface area contributed by atoms with Crippen molar-refractivity contribution in [3.63, 3.8) is 0 Å². The van der Waals surface area contributed by atoms with Crippen LogP contribution in [-0.4, -0.2) is 42.3 Å². The van der Waals surface area contributed by atoms with Crippen molar-refractivity contribution in [1.82, 2.24) is 24.1 Å². The summed E-state index contributed by atoms with van der Waals surface area (Å²) in [5.74, 6) is 3.03. The normalized spacial score (nSPS) is 22.0. The van der Waals surface area contributed by atoms with Gasteiger partial charge in [-0.05, 0) is 44.4 Å². The highest BCUT2D eigenvalue weighted by Crippen LogP contribution is 2.45. The van der Waals surface area contributed by atoms with Crippen molar-refractivity contribution in [2.45, 2.75) is 38.8 Å². The molecule has 0 aromatic carbocycles. The van der Waals surface area contributed by atoms with Gasteiger partial charge in [-0.3, -0.25) is 9.69 Å². The van der Waals surface area contributed by atoms with E-state index in [4.69, 9.17) is 4.42 Å². The predicted octanol–water partition coefficient (Wildman–Crippen LogP) is 3.08. The number of nitrogens with zero attached hydrogens (tertiary/aromatic N) is 5. The van der Waals surface area contributed by atoms with Gasteiger partial charge in [0.1, 0.15) is 23.4 Å². The average Bonchev–Trinajstić information content (AvgIpc) is 3.40. The molecule has 31 heavy (non-hydrogen) atoms. The minimum atomic E-state index is -0.227. The largest absolute Gasteiger partial charge is 0.492 e. The SMILES string of the molecule is Cc1nc2sc([C@H](c3ccc(C)o3)N3C[C@@H]4C[C@H](C3)c3cccc(=O)n3C4)c(O)n2n1. The van der Waals surface area contributed by atoms with Gasteiger partial charge in [0, 0.05) is 37.3 Å². The molecule has 0 saturated carbocycles. The van der Waals surface area contributed by atoms with Gasteiger partial charge in [0.2, 0.25) is 10.8 Å². The zero-order valence-electron chi connectivity index (χ0n) is 17.4. The standard InChI is InChI=1S/C22H23N5O3S/c1-12-6-7-17(30-12)19(20-21(29)27-22(31-20)23-13(2)24-27)25-9-14-8-15(11-25)16-4-3-5-18(28)26(16)10-14/h3-7,14-15,19,29H,8-11H2,1-2H3/t14-,15+,19-/m0/s1. The second-order valence-corrected chi connectivity index (χ2v) is 9.66. The second kappa shape index (κ2) is 6.80. The third-order valence-electron chi connectivity index (χ3n) is 6.46. The summed E-state index contributed by atoms with van der Waals surface area (Å²) in [6.45, 7) is 6.09. The number of aromatic hydroxyl groups is 1. The molecule has 160 valence electrons. The highest BCUT2D eigenvalue weighted by Gasteiger charge is 2.40. The van der Waals surface area contributed by atoms with Crippen LogP contribution in [0.1, 0.15) is 46.3 Å². The van der Waals surface area contributed by atoms with E-state index >= 15 is 0 Å². The molecule has 3 atom stereocenters. The van der Waals surface area contributed by atoms with Crippen molar-refractivity contribution >= 4 is 16.3 Å². The molecule has 0 aliphatic carbocycles. The number of fused-ring (bicyclic) bond motifs is 5. The van der Waals surface area contributed by atoms with Gasteiger partial charge in [-0.25, -0.2) is 4.98 Å². The molecule has 0 radical (unpaired) electrons. The van der Waals surface area contributed by atoms with Crippen LogP contribution in [-0.2, 0) is 6.54 Å². The molecule has 0 unspecified atom stereocenters. The summed E-state index contributed by atoms with van der Waals surface area (Å²) >= 11 is 1.45. The number of piperidine rings is 1. The molecular weight excluding hydrogens is 414 g/mol. The van der Waals surface area contributed by atoms with E-state index in [1.54, 1.807) is 6.07 Å². The van der Waals surface area contributed by atoms with Gasteiger partial charge in [-0.2, -0.15) is 4.52 Å². The smallest absolute Gasteiger partial charge is 0.250 e. The maximum Gasteiger partial charge on any atom is 0.250 e. The van der Waals surface area contributed by atoms with E-state index in [0.717, 1.165) is 48.1 Å². The topological polar surface area (TPSA) is 88.8 Å². The number of rotatable bonds is 3. The summed E-state index contributed by atoms with van der Waals surface area (Å²) in [6, 6.07) is 9.29. The van der Waals surface area contributed by atoms with Gasteiger partial charge in [-0.1, -0.05) is 17.4 Å². The van der Waals surface area contributed by atoms with Gasteiger partial charge < -0.3 is 14.1 Å². The van der Waals surface area contributed by atoms with Crippen molar-refractivity contribution in [1.29, 1.82) is 0 Å². The Morgan fingerprint density at radius 1 is 1.19 bits per heavy atom. The molecule has 2 aliphatic rings. The van der Waals surface area contributed by atoms with Crippen molar-refractivity contribution in [2.75, 3.05) is 13.1 Å². The fourth-order valence-electron chi connectivity index (χ4n) is 5.25.